The van der Waals surface area contributed by atoms with E-state index in [0.717, 1.165) is 46.4 Å². The summed E-state index contributed by atoms with van der Waals surface area (Å²) in [5, 5.41) is 3.31. The summed E-state index contributed by atoms with van der Waals surface area (Å²) < 4.78 is 1.65. The fourth-order valence-corrected chi connectivity index (χ4v) is 6.51. The zero-order valence-electron chi connectivity index (χ0n) is 19.1. The normalized spacial score (nSPS) is 13.7. The molecular weight excluding hydrogens is 452 g/mol. The van der Waals surface area contributed by atoms with Gasteiger partial charge in [0.05, 0.1) is 29.6 Å². The van der Waals surface area contributed by atoms with Gasteiger partial charge in [-0.2, -0.15) is 0 Å². The molecule has 0 fully saturated rings. The number of amides is 1. The molecule has 5 rings (SSSR count). The van der Waals surface area contributed by atoms with Gasteiger partial charge >= 0.3 is 0 Å². The van der Waals surface area contributed by atoms with E-state index < -0.39 is 0 Å². The van der Waals surface area contributed by atoms with Crippen LogP contribution in [0, 0.1) is 13.8 Å². The second-order valence-corrected chi connectivity index (χ2v) is 10.6. The number of fused-ring (bicyclic) bond motifs is 3. The number of hydrogen-bond donors (Lipinski definition) is 0. The highest BCUT2D eigenvalue weighted by Crippen LogP contribution is 2.33. The van der Waals surface area contributed by atoms with E-state index in [2.05, 4.69) is 4.98 Å². The van der Waals surface area contributed by atoms with Gasteiger partial charge in [-0.1, -0.05) is 12.5 Å². The van der Waals surface area contributed by atoms with Crippen molar-refractivity contribution in [3.05, 3.63) is 67.5 Å². The second kappa shape index (κ2) is 8.83. The highest BCUT2D eigenvalue weighted by Gasteiger charge is 2.21. The summed E-state index contributed by atoms with van der Waals surface area (Å²) in [7, 11) is 0. The Balaban J connectivity index is 1.47. The molecule has 0 unspecified atom stereocenters. The van der Waals surface area contributed by atoms with Gasteiger partial charge in [0.25, 0.3) is 5.56 Å². The Bertz CT molecular complexity index is 1420. The van der Waals surface area contributed by atoms with E-state index in [1.807, 2.05) is 37.4 Å². The molecule has 8 heteroatoms. The van der Waals surface area contributed by atoms with Crippen LogP contribution in [-0.2, 0) is 24.2 Å². The smallest absolute Gasteiger partial charge is 0.262 e. The number of carbonyl (C=O) groups is 1. The van der Waals surface area contributed by atoms with E-state index in [4.69, 9.17) is 4.98 Å². The molecule has 1 aliphatic carbocycles. The molecule has 0 N–H and O–H groups in total. The van der Waals surface area contributed by atoms with Crippen molar-refractivity contribution in [1.82, 2.24) is 14.5 Å². The van der Waals surface area contributed by atoms with Crippen molar-refractivity contribution >= 4 is 49.6 Å². The van der Waals surface area contributed by atoms with Gasteiger partial charge in [-0.15, -0.1) is 22.7 Å². The van der Waals surface area contributed by atoms with E-state index >= 15 is 0 Å². The molecule has 1 aliphatic rings. The molecule has 4 aromatic rings. The summed E-state index contributed by atoms with van der Waals surface area (Å²) in [4.78, 5) is 38.9. The van der Waals surface area contributed by atoms with Gasteiger partial charge in [0.15, 0.2) is 5.13 Å². The number of aryl methyl sites for hydroxylation is 4. The fraction of sp³-hybridized carbons (Fsp3) is 0.360. The van der Waals surface area contributed by atoms with Crippen molar-refractivity contribution < 1.29 is 4.79 Å². The summed E-state index contributed by atoms with van der Waals surface area (Å²) in [5.41, 5.74) is 5.05. The first kappa shape index (κ1) is 22.0. The molecule has 3 heterocycles. The Hall–Kier alpha value is -2.84. The average Bonchev–Trinajstić information content (AvgIpc) is 3.30. The molecule has 1 aromatic carbocycles. The number of rotatable bonds is 4. The molecule has 0 atom stereocenters. The highest BCUT2D eigenvalue weighted by molar-refractivity contribution is 7.18. The number of thiazole rings is 1. The largest absolute Gasteiger partial charge is 0.293 e. The number of nitrogens with zero attached hydrogens (tertiary/aromatic N) is 4. The van der Waals surface area contributed by atoms with Crippen LogP contribution >= 0.6 is 22.7 Å². The first-order chi connectivity index (χ1) is 15.9. The van der Waals surface area contributed by atoms with Gasteiger partial charge in [-0.25, -0.2) is 9.97 Å². The second-order valence-electron chi connectivity index (χ2n) is 8.67. The van der Waals surface area contributed by atoms with E-state index in [1.54, 1.807) is 34.1 Å². The van der Waals surface area contributed by atoms with Crippen molar-refractivity contribution in [1.29, 1.82) is 0 Å². The molecule has 6 nitrogen and oxygen atoms in total. The third kappa shape index (κ3) is 4.13. The SMILES string of the molecule is CC(=O)N(c1ccc(C)c(C)c1)c1nc(Cn2cnc3sc4c(c3c2=O)CCCCC4)cs1. The van der Waals surface area contributed by atoms with Gasteiger partial charge in [0.2, 0.25) is 5.91 Å². The Kier molecular flexibility index (Phi) is 5.88. The van der Waals surface area contributed by atoms with E-state index in [0.29, 0.717) is 11.7 Å². The van der Waals surface area contributed by atoms with Crippen molar-refractivity contribution in [3.63, 3.8) is 0 Å². The lowest BCUT2D eigenvalue weighted by Gasteiger charge is -2.19. The lowest BCUT2D eigenvalue weighted by atomic mass is 10.1. The van der Waals surface area contributed by atoms with Crippen LogP contribution in [0.25, 0.3) is 10.2 Å². The average molecular weight is 479 g/mol. The third-order valence-corrected chi connectivity index (χ3v) is 8.39. The van der Waals surface area contributed by atoms with Crippen molar-refractivity contribution in [3.8, 4) is 0 Å². The predicted molar refractivity (Wildman–Crippen MR) is 135 cm³/mol. The van der Waals surface area contributed by atoms with Crippen LogP contribution in [0.5, 0.6) is 0 Å². The number of anilines is 2. The summed E-state index contributed by atoms with van der Waals surface area (Å²) in [6.45, 7) is 5.96. The standard InChI is InChI=1S/C25H26N4O2S2/c1-15-9-10-19(11-16(15)2)29(17(3)30)25-27-18(13-32-25)12-28-14-26-23-22(24(28)31)20-7-5-4-6-8-21(20)33-23/h9-11,13-14H,4-8,12H2,1-3H3. The number of aromatic nitrogens is 3. The van der Waals surface area contributed by atoms with Gasteiger partial charge in [0, 0.05) is 17.2 Å². The molecule has 0 saturated carbocycles. The van der Waals surface area contributed by atoms with Crippen LogP contribution in [0.4, 0.5) is 10.8 Å². The Morgan fingerprint density at radius 2 is 1.97 bits per heavy atom. The molecule has 0 spiro atoms. The van der Waals surface area contributed by atoms with Crippen molar-refractivity contribution in [2.45, 2.75) is 59.4 Å². The van der Waals surface area contributed by atoms with Gasteiger partial charge < -0.3 is 0 Å². The molecule has 0 radical (unpaired) electrons. The molecule has 33 heavy (non-hydrogen) atoms. The minimum Gasteiger partial charge on any atom is -0.293 e. The van der Waals surface area contributed by atoms with Crippen molar-refractivity contribution in [2.24, 2.45) is 0 Å². The zero-order valence-corrected chi connectivity index (χ0v) is 20.7. The lowest BCUT2D eigenvalue weighted by Crippen LogP contribution is -2.23. The summed E-state index contributed by atoms with van der Waals surface area (Å²) in [6, 6.07) is 5.96. The first-order valence-corrected chi connectivity index (χ1v) is 12.9. The third-order valence-electron chi connectivity index (χ3n) is 6.32. The zero-order chi connectivity index (χ0) is 23.1. The molecule has 170 valence electrons. The topological polar surface area (TPSA) is 68.1 Å². The van der Waals surface area contributed by atoms with E-state index in [1.165, 1.54) is 40.2 Å². The van der Waals surface area contributed by atoms with Crippen LogP contribution < -0.4 is 10.5 Å². The fourth-order valence-electron chi connectivity index (χ4n) is 4.41. The summed E-state index contributed by atoms with van der Waals surface area (Å²) in [5.74, 6) is -0.0969. The monoisotopic (exact) mass is 478 g/mol. The molecule has 0 saturated heterocycles. The quantitative estimate of drug-likeness (QED) is 0.362. The van der Waals surface area contributed by atoms with E-state index in [9.17, 15) is 9.59 Å². The lowest BCUT2D eigenvalue weighted by molar-refractivity contribution is -0.115. The number of thiophene rings is 1. The maximum atomic E-state index is 13.4. The Morgan fingerprint density at radius 1 is 1.15 bits per heavy atom. The van der Waals surface area contributed by atoms with Gasteiger partial charge in [-0.05, 0) is 68.4 Å². The number of benzene rings is 1. The highest BCUT2D eigenvalue weighted by atomic mass is 32.1. The number of hydrogen-bond acceptors (Lipinski definition) is 6. The summed E-state index contributed by atoms with van der Waals surface area (Å²) >= 11 is 3.08. The molecule has 0 bridgehead atoms. The Labute approximate surface area is 200 Å². The summed E-state index contributed by atoms with van der Waals surface area (Å²) in [6.07, 6.45) is 7.16. The minimum atomic E-state index is -0.0969. The van der Waals surface area contributed by atoms with E-state index in [-0.39, 0.29) is 11.5 Å². The van der Waals surface area contributed by atoms with Crippen LogP contribution in [-0.4, -0.2) is 20.4 Å². The van der Waals surface area contributed by atoms with Crippen molar-refractivity contribution in [2.75, 3.05) is 4.90 Å². The Morgan fingerprint density at radius 3 is 2.76 bits per heavy atom. The van der Waals surface area contributed by atoms with Gasteiger partial charge in [-0.3, -0.25) is 19.1 Å². The van der Waals surface area contributed by atoms with Crippen LogP contribution in [0.3, 0.4) is 0 Å². The first-order valence-electron chi connectivity index (χ1n) is 11.2. The molecule has 1 amide bonds. The van der Waals surface area contributed by atoms with Crippen LogP contribution in [0.1, 0.15) is 53.4 Å². The predicted octanol–water partition coefficient (Wildman–Crippen LogP) is 5.53. The van der Waals surface area contributed by atoms with Crippen LogP contribution in [0.15, 0.2) is 34.7 Å². The van der Waals surface area contributed by atoms with Gasteiger partial charge in [0.1, 0.15) is 4.83 Å². The van der Waals surface area contributed by atoms with Crippen LogP contribution in [0.2, 0.25) is 0 Å². The number of carbonyl (C=O) groups excluding carboxylic acids is 1. The molecule has 3 aromatic heterocycles. The maximum absolute atomic E-state index is 13.4. The molecule has 0 aliphatic heterocycles. The minimum absolute atomic E-state index is 0.00605. The maximum Gasteiger partial charge on any atom is 0.262 e. The molecular formula is C25H26N4O2S2.